The Morgan fingerprint density at radius 2 is 2.33 bits per heavy atom. The minimum atomic E-state index is -1.02. The zero-order chi connectivity index (χ0) is 13.1. The largest absolute Gasteiger partial charge is 0.479 e. The van der Waals surface area contributed by atoms with E-state index in [1.54, 1.807) is 24.4 Å². The fourth-order valence-corrected chi connectivity index (χ4v) is 1.74. The Labute approximate surface area is 111 Å². The number of ether oxygens (including phenoxy) is 1. The molecule has 18 heavy (non-hydrogen) atoms. The molecule has 0 fully saturated rings. The van der Waals surface area contributed by atoms with Crippen LogP contribution in [0.25, 0.3) is 11.3 Å². The fraction of sp³-hybridized carbons (Fsp3) is 0.182. The highest BCUT2D eigenvalue weighted by Crippen LogP contribution is 2.31. The van der Waals surface area contributed by atoms with Gasteiger partial charge in [0.05, 0.1) is 6.20 Å². The first-order valence-electron chi connectivity index (χ1n) is 5.13. The first kappa shape index (κ1) is 12.6. The van der Waals surface area contributed by atoms with Gasteiger partial charge in [0, 0.05) is 10.0 Å². The molecule has 0 radical (unpaired) electrons. The second kappa shape index (κ2) is 5.18. The molecule has 0 saturated heterocycles. The summed E-state index contributed by atoms with van der Waals surface area (Å²) in [5.74, 6) is -0.578. The van der Waals surface area contributed by atoms with Crippen LogP contribution in [0.2, 0.25) is 0 Å². The Bertz CT molecular complexity index is 557. The van der Waals surface area contributed by atoms with Crippen LogP contribution in [-0.2, 0) is 4.79 Å². The summed E-state index contributed by atoms with van der Waals surface area (Å²) in [5, 5.41) is 19.0. The lowest BCUT2D eigenvalue weighted by atomic mass is 10.1. The molecule has 1 heterocycles. The van der Waals surface area contributed by atoms with Crippen molar-refractivity contribution in [3.63, 3.8) is 0 Å². The lowest BCUT2D eigenvalue weighted by Crippen LogP contribution is -2.23. The monoisotopic (exact) mass is 311 g/mol. The van der Waals surface area contributed by atoms with Crippen LogP contribution in [-0.4, -0.2) is 32.6 Å². The van der Waals surface area contributed by atoms with E-state index in [4.69, 9.17) is 9.84 Å². The molecule has 0 aliphatic rings. The molecular weight excluding hydrogens is 302 g/mol. The number of aliphatic carboxylic acids is 1. The molecule has 0 amide bonds. The van der Waals surface area contributed by atoms with E-state index < -0.39 is 12.1 Å². The highest BCUT2D eigenvalue weighted by molar-refractivity contribution is 9.10. The van der Waals surface area contributed by atoms with Gasteiger partial charge in [-0.15, -0.1) is 0 Å². The molecular formula is C11H10BrN3O3. The average Bonchev–Trinajstić information content (AvgIpc) is 2.84. The van der Waals surface area contributed by atoms with Gasteiger partial charge in [0.25, 0.3) is 0 Å². The Kier molecular flexibility index (Phi) is 3.61. The minimum absolute atomic E-state index is 0.446. The van der Waals surface area contributed by atoms with Crippen LogP contribution in [0.3, 0.4) is 0 Å². The van der Waals surface area contributed by atoms with Crippen molar-refractivity contribution in [2.75, 3.05) is 0 Å². The first-order valence-corrected chi connectivity index (χ1v) is 5.92. The van der Waals surface area contributed by atoms with Crippen molar-refractivity contribution in [2.24, 2.45) is 0 Å². The summed E-state index contributed by atoms with van der Waals surface area (Å²) in [7, 11) is 0. The number of aromatic nitrogens is 3. The van der Waals surface area contributed by atoms with Gasteiger partial charge in [0.15, 0.2) is 6.10 Å². The van der Waals surface area contributed by atoms with E-state index in [9.17, 15) is 4.79 Å². The van der Waals surface area contributed by atoms with Crippen LogP contribution < -0.4 is 4.74 Å². The van der Waals surface area contributed by atoms with Crippen LogP contribution in [0, 0.1) is 0 Å². The standard InChI is InChI=1S/C11H10BrN3O3/c1-6(11(16)17)18-10-3-2-7(12)4-8(10)9-5-13-15-14-9/h2-6H,1H3,(H,16,17)(H,13,14,15). The number of halogens is 1. The van der Waals surface area contributed by atoms with E-state index in [0.29, 0.717) is 17.0 Å². The number of nitrogens with zero attached hydrogens (tertiary/aromatic N) is 2. The van der Waals surface area contributed by atoms with Gasteiger partial charge in [0.2, 0.25) is 0 Å². The Morgan fingerprint density at radius 1 is 1.56 bits per heavy atom. The first-order chi connectivity index (χ1) is 8.58. The molecule has 0 aliphatic carbocycles. The maximum Gasteiger partial charge on any atom is 0.344 e. The fourth-order valence-electron chi connectivity index (χ4n) is 1.38. The highest BCUT2D eigenvalue weighted by atomic mass is 79.9. The van der Waals surface area contributed by atoms with Gasteiger partial charge in [-0.3, -0.25) is 0 Å². The molecule has 0 aliphatic heterocycles. The SMILES string of the molecule is CC(Oc1ccc(Br)cc1-c1cn[nH]n1)C(=O)O. The van der Waals surface area contributed by atoms with Gasteiger partial charge in [-0.2, -0.15) is 15.4 Å². The number of hydrogen-bond acceptors (Lipinski definition) is 4. The van der Waals surface area contributed by atoms with Crippen LogP contribution in [0.15, 0.2) is 28.9 Å². The van der Waals surface area contributed by atoms with Crippen molar-refractivity contribution >= 4 is 21.9 Å². The second-order valence-electron chi connectivity index (χ2n) is 3.59. The number of benzene rings is 1. The van der Waals surface area contributed by atoms with Crippen molar-refractivity contribution in [1.82, 2.24) is 15.4 Å². The normalized spacial score (nSPS) is 12.1. The number of carboxylic acid groups (broad SMARTS) is 1. The van der Waals surface area contributed by atoms with Gasteiger partial charge in [0.1, 0.15) is 11.4 Å². The number of rotatable bonds is 4. The molecule has 0 saturated carbocycles. The number of aromatic amines is 1. The van der Waals surface area contributed by atoms with Crippen LogP contribution >= 0.6 is 15.9 Å². The van der Waals surface area contributed by atoms with Crippen molar-refractivity contribution in [3.8, 4) is 17.0 Å². The summed E-state index contributed by atoms with van der Waals surface area (Å²) < 4.78 is 6.23. The van der Waals surface area contributed by atoms with Gasteiger partial charge >= 0.3 is 5.97 Å². The van der Waals surface area contributed by atoms with Crippen LogP contribution in [0.1, 0.15) is 6.92 Å². The summed E-state index contributed by atoms with van der Waals surface area (Å²) in [5.41, 5.74) is 1.26. The summed E-state index contributed by atoms with van der Waals surface area (Å²) in [6.07, 6.45) is 0.608. The molecule has 1 atom stereocenters. The molecule has 7 heteroatoms. The smallest absolute Gasteiger partial charge is 0.344 e. The molecule has 1 aromatic heterocycles. The summed E-state index contributed by atoms with van der Waals surface area (Å²) in [6.45, 7) is 1.47. The third-order valence-electron chi connectivity index (χ3n) is 2.28. The minimum Gasteiger partial charge on any atom is -0.479 e. The third kappa shape index (κ3) is 2.67. The number of carboxylic acids is 1. The van der Waals surface area contributed by atoms with E-state index >= 15 is 0 Å². The molecule has 2 aromatic rings. The Morgan fingerprint density at radius 3 is 2.94 bits per heavy atom. The van der Waals surface area contributed by atoms with E-state index in [1.165, 1.54) is 6.92 Å². The summed E-state index contributed by atoms with van der Waals surface area (Å²) in [6, 6.07) is 5.25. The second-order valence-corrected chi connectivity index (χ2v) is 4.51. The zero-order valence-electron chi connectivity index (χ0n) is 9.42. The van der Waals surface area contributed by atoms with Gasteiger partial charge in [-0.1, -0.05) is 15.9 Å². The van der Waals surface area contributed by atoms with E-state index in [2.05, 4.69) is 31.3 Å². The molecule has 94 valence electrons. The van der Waals surface area contributed by atoms with Gasteiger partial charge in [-0.25, -0.2) is 4.79 Å². The Hall–Kier alpha value is -1.89. The molecule has 0 spiro atoms. The maximum atomic E-state index is 10.8. The van der Waals surface area contributed by atoms with Crippen molar-refractivity contribution < 1.29 is 14.6 Å². The van der Waals surface area contributed by atoms with Gasteiger partial charge < -0.3 is 9.84 Å². The van der Waals surface area contributed by atoms with E-state index in [1.807, 2.05) is 0 Å². The predicted molar refractivity (Wildman–Crippen MR) is 67.2 cm³/mol. The summed E-state index contributed by atoms with van der Waals surface area (Å²) >= 11 is 3.35. The quantitative estimate of drug-likeness (QED) is 0.902. The number of hydrogen-bond donors (Lipinski definition) is 2. The number of nitrogens with one attached hydrogen (secondary N) is 1. The van der Waals surface area contributed by atoms with Crippen molar-refractivity contribution in [1.29, 1.82) is 0 Å². The average molecular weight is 312 g/mol. The lowest BCUT2D eigenvalue weighted by molar-refractivity contribution is -0.144. The van der Waals surface area contributed by atoms with Crippen LogP contribution in [0.4, 0.5) is 0 Å². The summed E-state index contributed by atoms with van der Waals surface area (Å²) in [4.78, 5) is 10.8. The highest BCUT2D eigenvalue weighted by Gasteiger charge is 2.16. The third-order valence-corrected chi connectivity index (χ3v) is 2.78. The van der Waals surface area contributed by atoms with Gasteiger partial charge in [-0.05, 0) is 25.1 Å². The topological polar surface area (TPSA) is 88.1 Å². The maximum absolute atomic E-state index is 10.8. The van der Waals surface area contributed by atoms with E-state index in [-0.39, 0.29) is 0 Å². The van der Waals surface area contributed by atoms with Crippen LogP contribution in [0.5, 0.6) is 5.75 Å². The lowest BCUT2D eigenvalue weighted by Gasteiger charge is -2.13. The van der Waals surface area contributed by atoms with E-state index in [0.717, 1.165) is 4.47 Å². The zero-order valence-corrected chi connectivity index (χ0v) is 11.0. The molecule has 6 nitrogen and oxygen atoms in total. The molecule has 1 unspecified atom stereocenters. The number of carbonyl (C=O) groups is 1. The Balaban J connectivity index is 2.38. The molecule has 0 bridgehead atoms. The molecule has 1 aromatic carbocycles. The van der Waals surface area contributed by atoms with Crippen molar-refractivity contribution in [2.45, 2.75) is 13.0 Å². The molecule has 2 rings (SSSR count). The van der Waals surface area contributed by atoms with Crippen molar-refractivity contribution in [3.05, 3.63) is 28.9 Å². The molecule has 2 N–H and O–H groups in total. The number of H-pyrrole nitrogens is 1. The predicted octanol–water partition coefficient (Wildman–Crippen LogP) is 2.09.